The van der Waals surface area contributed by atoms with Gasteiger partial charge in [-0.15, -0.1) is 0 Å². The van der Waals surface area contributed by atoms with Crippen LogP contribution in [0.15, 0.2) is 54.6 Å². The van der Waals surface area contributed by atoms with Gasteiger partial charge in [0.25, 0.3) is 0 Å². The van der Waals surface area contributed by atoms with Crippen molar-refractivity contribution in [3.63, 3.8) is 0 Å². The van der Waals surface area contributed by atoms with Crippen molar-refractivity contribution in [1.82, 2.24) is 0 Å². The molecule has 0 bridgehead atoms. The summed E-state index contributed by atoms with van der Waals surface area (Å²) < 4.78 is 41.7. The Bertz CT molecular complexity index is 523. The molecule has 2 rings (SSSR count). The summed E-state index contributed by atoms with van der Waals surface area (Å²) >= 11 is 0. The fourth-order valence-corrected chi connectivity index (χ4v) is 1.61. The van der Waals surface area contributed by atoms with Crippen molar-refractivity contribution < 1.29 is 17.9 Å². The van der Waals surface area contributed by atoms with Crippen LogP contribution in [0.5, 0.6) is 5.75 Å². The van der Waals surface area contributed by atoms with Gasteiger partial charge in [-0.05, 0) is 29.8 Å². The topological polar surface area (TPSA) is 21.3 Å². The number of hydrogen-bond acceptors (Lipinski definition) is 2. The van der Waals surface area contributed by atoms with Crippen molar-refractivity contribution in [3.05, 3.63) is 60.2 Å². The Hall–Kier alpha value is -2.17. The Balaban J connectivity index is 1.85. The minimum absolute atomic E-state index is 0.411. The number of rotatable bonds is 5. The fraction of sp³-hybridized carbons (Fsp3) is 0.200. The lowest BCUT2D eigenvalue weighted by atomic mass is 10.2. The van der Waals surface area contributed by atoms with Gasteiger partial charge in [0.05, 0.1) is 0 Å². The van der Waals surface area contributed by atoms with Crippen LogP contribution in [0.2, 0.25) is 0 Å². The maximum Gasteiger partial charge on any atom is 0.405 e. The molecule has 0 aliphatic rings. The first kappa shape index (κ1) is 14.2. The molecule has 0 fully saturated rings. The van der Waals surface area contributed by atoms with Gasteiger partial charge in [-0.2, -0.15) is 13.2 Å². The van der Waals surface area contributed by atoms with E-state index in [-0.39, 0.29) is 0 Å². The van der Waals surface area contributed by atoms with E-state index in [1.165, 1.54) is 0 Å². The van der Waals surface area contributed by atoms with Gasteiger partial charge in [0.2, 0.25) is 0 Å². The standard InChI is InChI=1S/C15H14F3NO/c16-15(17,18)11-19-13-6-8-14(9-7-13)20-10-12-4-2-1-3-5-12/h1-9,19H,10-11H2. The summed E-state index contributed by atoms with van der Waals surface area (Å²) in [6.07, 6.45) is -4.22. The third-order valence-corrected chi connectivity index (χ3v) is 2.60. The maximum absolute atomic E-state index is 12.0. The lowest BCUT2D eigenvalue weighted by Gasteiger charge is -2.10. The molecule has 106 valence electrons. The van der Waals surface area contributed by atoms with E-state index in [1.807, 2.05) is 30.3 Å². The molecule has 0 aliphatic heterocycles. The number of ether oxygens (including phenoxy) is 1. The van der Waals surface area contributed by atoms with Crippen LogP contribution >= 0.6 is 0 Å². The lowest BCUT2D eigenvalue weighted by molar-refractivity contribution is -0.115. The quantitative estimate of drug-likeness (QED) is 0.885. The predicted molar refractivity (Wildman–Crippen MR) is 71.8 cm³/mol. The number of halogens is 3. The Morgan fingerprint density at radius 1 is 0.900 bits per heavy atom. The van der Waals surface area contributed by atoms with Crippen LogP contribution in [0.25, 0.3) is 0 Å². The van der Waals surface area contributed by atoms with E-state index < -0.39 is 12.7 Å². The number of hydrogen-bond donors (Lipinski definition) is 1. The zero-order chi connectivity index (χ0) is 14.4. The van der Waals surface area contributed by atoms with E-state index in [0.29, 0.717) is 18.0 Å². The normalized spacial score (nSPS) is 11.2. The van der Waals surface area contributed by atoms with Crippen molar-refractivity contribution in [3.8, 4) is 5.75 Å². The largest absolute Gasteiger partial charge is 0.489 e. The van der Waals surface area contributed by atoms with Gasteiger partial charge in [0.15, 0.2) is 0 Å². The van der Waals surface area contributed by atoms with E-state index in [9.17, 15) is 13.2 Å². The second-order valence-electron chi connectivity index (χ2n) is 4.27. The molecule has 0 atom stereocenters. The van der Waals surface area contributed by atoms with Crippen LogP contribution in [-0.4, -0.2) is 12.7 Å². The molecule has 0 saturated heterocycles. The van der Waals surface area contributed by atoms with Crippen LogP contribution in [0.4, 0.5) is 18.9 Å². The zero-order valence-corrected chi connectivity index (χ0v) is 10.7. The van der Waals surface area contributed by atoms with E-state index in [0.717, 1.165) is 5.56 Å². The fourth-order valence-electron chi connectivity index (χ4n) is 1.61. The van der Waals surface area contributed by atoms with E-state index >= 15 is 0 Å². The minimum Gasteiger partial charge on any atom is -0.489 e. The molecule has 0 aliphatic carbocycles. The number of alkyl halides is 3. The minimum atomic E-state index is -4.22. The summed E-state index contributed by atoms with van der Waals surface area (Å²) in [5.74, 6) is 0.617. The highest BCUT2D eigenvalue weighted by Gasteiger charge is 2.26. The Labute approximate surface area is 115 Å². The van der Waals surface area contributed by atoms with Crippen molar-refractivity contribution in [1.29, 1.82) is 0 Å². The van der Waals surface area contributed by atoms with Crippen LogP contribution in [0, 0.1) is 0 Å². The molecular weight excluding hydrogens is 267 g/mol. The summed E-state index contributed by atoms with van der Waals surface area (Å²) in [6.45, 7) is -0.618. The molecule has 0 heterocycles. The molecule has 2 nitrogen and oxygen atoms in total. The zero-order valence-electron chi connectivity index (χ0n) is 10.7. The molecule has 0 radical (unpaired) electrons. The molecule has 20 heavy (non-hydrogen) atoms. The third kappa shape index (κ3) is 4.84. The van der Waals surface area contributed by atoms with Crippen LogP contribution < -0.4 is 10.1 Å². The summed E-state index contributed by atoms with van der Waals surface area (Å²) in [5.41, 5.74) is 1.45. The van der Waals surface area contributed by atoms with Crippen LogP contribution in [0.1, 0.15) is 5.56 Å². The molecule has 5 heteroatoms. The average molecular weight is 281 g/mol. The number of nitrogens with one attached hydrogen (secondary N) is 1. The molecule has 0 amide bonds. The van der Waals surface area contributed by atoms with Gasteiger partial charge in [0.1, 0.15) is 18.9 Å². The van der Waals surface area contributed by atoms with Gasteiger partial charge in [-0.1, -0.05) is 30.3 Å². The summed E-state index contributed by atoms with van der Waals surface area (Å²) in [4.78, 5) is 0. The Kier molecular flexibility index (Phi) is 4.50. The highest BCUT2D eigenvalue weighted by atomic mass is 19.4. The summed E-state index contributed by atoms with van der Waals surface area (Å²) in [5, 5.41) is 2.31. The van der Waals surface area contributed by atoms with E-state index in [4.69, 9.17) is 4.74 Å². The second kappa shape index (κ2) is 6.32. The molecule has 0 unspecified atom stereocenters. The highest BCUT2D eigenvalue weighted by Crippen LogP contribution is 2.19. The molecular formula is C15H14F3NO. The first-order chi connectivity index (χ1) is 9.53. The monoisotopic (exact) mass is 281 g/mol. The number of benzene rings is 2. The Morgan fingerprint density at radius 2 is 1.55 bits per heavy atom. The molecule has 0 spiro atoms. The SMILES string of the molecule is FC(F)(F)CNc1ccc(OCc2ccccc2)cc1. The Morgan fingerprint density at radius 3 is 2.15 bits per heavy atom. The highest BCUT2D eigenvalue weighted by molar-refractivity contribution is 5.46. The van der Waals surface area contributed by atoms with Crippen LogP contribution in [-0.2, 0) is 6.61 Å². The number of anilines is 1. The predicted octanol–water partition coefficient (Wildman–Crippen LogP) is 4.24. The third-order valence-electron chi connectivity index (χ3n) is 2.60. The molecule has 0 saturated carbocycles. The van der Waals surface area contributed by atoms with Gasteiger partial charge in [-0.25, -0.2) is 0 Å². The first-order valence-corrected chi connectivity index (χ1v) is 6.10. The van der Waals surface area contributed by atoms with Crippen molar-refractivity contribution >= 4 is 5.69 Å². The summed E-state index contributed by atoms with van der Waals surface area (Å²) in [7, 11) is 0. The van der Waals surface area contributed by atoms with E-state index in [2.05, 4.69) is 5.32 Å². The molecule has 0 aromatic heterocycles. The van der Waals surface area contributed by atoms with Gasteiger partial charge in [-0.3, -0.25) is 0 Å². The molecule has 2 aromatic carbocycles. The average Bonchev–Trinajstić information content (AvgIpc) is 2.44. The van der Waals surface area contributed by atoms with Crippen molar-refractivity contribution in [2.45, 2.75) is 12.8 Å². The molecule has 1 N–H and O–H groups in total. The van der Waals surface area contributed by atoms with Crippen LogP contribution in [0.3, 0.4) is 0 Å². The molecule has 2 aromatic rings. The van der Waals surface area contributed by atoms with Gasteiger partial charge >= 0.3 is 6.18 Å². The van der Waals surface area contributed by atoms with E-state index in [1.54, 1.807) is 24.3 Å². The van der Waals surface area contributed by atoms with Gasteiger partial charge in [0, 0.05) is 5.69 Å². The van der Waals surface area contributed by atoms with Gasteiger partial charge < -0.3 is 10.1 Å². The lowest BCUT2D eigenvalue weighted by Crippen LogP contribution is -2.21. The first-order valence-electron chi connectivity index (χ1n) is 6.10. The van der Waals surface area contributed by atoms with Crippen molar-refractivity contribution in [2.24, 2.45) is 0 Å². The smallest absolute Gasteiger partial charge is 0.405 e. The second-order valence-corrected chi connectivity index (χ2v) is 4.27. The van der Waals surface area contributed by atoms with Crippen molar-refractivity contribution in [2.75, 3.05) is 11.9 Å². The summed E-state index contributed by atoms with van der Waals surface area (Å²) in [6, 6.07) is 16.1. The maximum atomic E-state index is 12.0.